The van der Waals surface area contributed by atoms with Crippen LogP contribution in [-0.4, -0.2) is 78.9 Å². The van der Waals surface area contributed by atoms with Gasteiger partial charge >= 0.3 is 13.8 Å². The molecule has 33 heavy (non-hydrogen) atoms. The summed E-state index contributed by atoms with van der Waals surface area (Å²) in [6.45, 7) is 2.88. The summed E-state index contributed by atoms with van der Waals surface area (Å²) in [5.74, 6) is 0.0546. The molecule has 3 atom stereocenters. The van der Waals surface area contributed by atoms with E-state index >= 15 is 0 Å². The number of phosphoric ester groups is 1. The number of ether oxygens (including phenoxy) is 2. The molecule has 190 valence electrons. The summed E-state index contributed by atoms with van der Waals surface area (Å²) < 4.78 is 33.4. The van der Waals surface area contributed by atoms with Gasteiger partial charge in [-0.2, -0.15) is 0 Å². The maximum Gasteiger partial charge on any atom is 0.472 e. The standard InChI is InChI=1S/C22H38NO9P/c1-5-6-7-8-13-29-18-11-9-12-19(16-18)30-14-10-15-31-33(27,28)32-20(17-21(24)25)22(26)23(2,3)4/h9,11-12,16,20,22,26H,5-8,10,13-15,17H2,1-4H3,(H-,24,25,27,28)/p+1/t20-,22?/m1/s1. The highest BCUT2D eigenvalue weighted by Crippen LogP contribution is 2.46. The number of quaternary nitrogens is 1. The predicted molar refractivity (Wildman–Crippen MR) is 123 cm³/mol. The summed E-state index contributed by atoms with van der Waals surface area (Å²) in [5.41, 5.74) is 0. The molecule has 0 aliphatic carbocycles. The highest BCUT2D eigenvalue weighted by Gasteiger charge is 2.39. The second kappa shape index (κ2) is 14.6. The first-order valence-corrected chi connectivity index (χ1v) is 12.7. The lowest BCUT2D eigenvalue weighted by Crippen LogP contribution is -2.52. The van der Waals surface area contributed by atoms with Gasteiger partial charge in [-0.25, -0.2) is 4.57 Å². The van der Waals surface area contributed by atoms with Crippen LogP contribution in [0.3, 0.4) is 0 Å². The van der Waals surface area contributed by atoms with Crippen LogP contribution < -0.4 is 9.47 Å². The summed E-state index contributed by atoms with van der Waals surface area (Å²) in [4.78, 5) is 21.0. The zero-order valence-electron chi connectivity index (χ0n) is 20.0. The monoisotopic (exact) mass is 492 g/mol. The Morgan fingerprint density at radius 1 is 1.03 bits per heavy atom. The molecule has 1 aromatic carbocycles. The van der Waals surface area contributed by atoms with Crippen molar-refractivity contribution in [1.82, 2.24) is 0 Å². The Hall–Kier alpha value is -1.68. The van der Waals surface area contributed by atoms with Crippen molar-refractivity contribution in [3.8, 4) is 11.5 Å². The van der Waals surface area contributed by atoms with Crippen LogP contribution in [0.4, 0.5) is 0 Å². The molecule has 0 saturated carbocycles. The van der Waals surface area contributed by atoms with Gasteiger partial charge in [0.15, 0.2) is 6.10 Å². The van der Waals surface area contributed by atoms with E-state index in [2.05, 4.69) is 6.92 Å². The van der Waals surface area contributed by atoms with E-state index < -0.39 is 32.5 Å². The molecule has 11 heteroatoms. The summed E-state index contributed by atoms with van der Waals surface area (Å²) in [5, 5.41) is 19.3. The molecular weight excluding hydrogens is 453 g/mol. The Morgan fingerprint density at radius 2 is 1.64 bits per heavy atom. The van der Waals surface area contributed by atoms with Crippen LogP contribution in [0.2, 0.25) is 0 Å². The number of phosphoric acid groups is 1. The average molecular weight is 493 g/mol. The van der Waals surface area contributed by atoms with Crippen molar-refractivity contribution in [2.24, 2.45) is 0 Å². The minimum absolute atomic E-state index is 0.0761. The number of carbonyl (C=O) groups is 1. The quantitative estimate of drug-likeness (QED) is 0.122. The molecule has 0 bridgehead atoms. The Bertz CT molecular complexity index is 754. The molecular formula is C22H39NO9P+. The summed E-state index contributed by atoms with van der Waals surface area (Å²) in [6, 6.07) is 7.24. The van der Waals surface area contributed by atoms with Crippen LogP contribution in [-0.2, 0) is 18.4 Å². The number of carboxylic acid groups (broad SMARTS) is 1. The van der Waals surface area contributed by atoms with E-state index in [4.69, 9.17) is 23.6 Å². The van der Waals surface area contributed by atoms with Gasteiger partial charge in [-0.1, -0.05) is 32.3 Å². The number of nitrogens with zero attached hydrogens (tertiary/aromatic N) is 1. The fourth-order valence-electron chi connectivity index (χ4n) is 2.87. The third-order valence-electron chi connectivity index (χ3n) is 4.65. The first-order chi connectivity index (χ1) is 15.4. The smallest absolute Gasteiger partial charge is 0.472 e. The molecule has 1 rings (SSSR count). The number of aliphatic carboxylic acids is 1. The fourth-order valence-corrected chi connectivity index (χ4v) is 3.82. The summed E-state index contributed by atoms with van der Waals surface area (Å²) in [6.07, 6.45) is 1.38. The number of aliphatic hydroxyl groups excluding tert-OH is 1. The first-order valence-electron chi connectivity index (χ1n) is 11.2. The van der Waals surface area contributed by atoms with Crippen LogP contribution in [0.25, 0.3) is 0 Å². The number of unbranched alkanes of at least 4 members (excludes halogenated alkanes) is 3. The number of benzene rings is 1. The van der Waals surface area contributed by atoms with Gasteiger partial charge in [0.2, 0.25) is 6.23 Å². The van der Waals surface area contributed by atoms with E-state index in [0.29, 0.717) is 18.1 Å². The maximum absolute atomic E-state index is 12.2. The normalized spacial score (nSPS) is 15.5. The minimum atomic E-state index is -4.58. The number of hydrogen-bond donors (Lipinski definition) is 3. The van der Waals surface area contributed by atoms with Crippen molar-refractivity contribution in [2.45, 2.75) is 57.8 Å². The van der Waals surface area contributed by atoms with Gasteiger partial charge in [-0.15, -0.1) is 0 Å². The van der Waals surface area contributed by atoms with E-state index in [1.54, 1.807) is 33.3 Å². The molecule has 0 radical (unpaired) electrons. The Morgan fingerprint density at radius 3 is 2.18 bits per heavy atom. The first kappa shape index (κ1) is 29.4. The van der Waals surface area contributed by atoms with Gasteiger partial charge in [0, 0.05) is 12.5 Å². The molecule has 0 aliphatic rings. The van der Waals surface area contributed by atoms with Crippen LogP contribution in [0, 0.1) is 0 Å². The number of carboxylic acids is 1. The molecule has 0 aliphatic heterocycles. The largest absolute Gasteiger partial charge is 0.493 e. The zero-order valence-corrected chi connectivity index (χ0v) is 20.9. The van der Waals surface area contributed by atoms with E-state index in [1.807, 2.05) is 12.1 Å². The van der Waals surface area contributed by atoms with Gasteiger partial charge in [-0.05, 0) is 18.6 Å². The fraction of sp³-hybridized carbons (Fsp3) is 0.682. The Labute approximate surface area is 196 Å². The zero-order chi connectivity index (χ0) is 24.9. The molecule has 0 fully saturated rings. The molecule has 0 amide bonds. The average Bonchev–Trinajstić information content (AvgIpc) is 2.71. The summed E-state index contributed by atoms with van der Waals surface area (Å²) >= 11 is 0. The molecule has 0 spiro atoms. The van der Waals surface area contributed by atoms with Crippen LogP contribution in [0.15, 0.2) is 24.3 Å². The lowest BCUT2D eigenvalue weighted by atomic mass is 10.2. The van der Waals surface area contributed by atoms with E-state index in [9.17, 15) is 19.4 Å². The van der Waals surface area contributed by atoms with E-state index in [1.165, 1.54) is 12.8 Å². The van der Waals surface area contributed by atoms with Gasteiger partial charge in [-0.3, -0.25) is 13.8 Å². The van der Waals surface area contributed by atoms with Gasteiger partial charge < -0.3 is 29.1 Å². The van der Waals surface area contributed by atoms with Crippen LogP contribution in [0.5, 0.6) is 11.5 Å². The van der Waals surface area contributed by atoms with Crippen molar-refractivity contribution in [3.63, 3.8) is 0 Å². The lowest BCUT2D eigenvalue weighted by Gasteiger charge is -2.34. The summed E-state index contributed by atoms with van der Waals surface area (Å²) in [7, 11) is 0.243. The minimum Gasteiger partial charge on any atom is -0.493 e. The third kappa shape index (κ3) is 13.0. The molecule has 0 heterocycles. The molecule has 3 N–H and O–H groups in total. The molecule has 0 saturated heterocycles. The highest BCUT2D eigenvalue weighted by molar-refractivity contribution is 7.47. The predicted octanol–water partition coefficient (Wildman–Crippen LogP) is 3.42. The van der Waals surface area contributed by atoms with Crippen molar-refractivity contribution in [2.75, 3.05) is 41.0 Å². The Kier molecular flexibility index (Phi) is 12.9. The lowest BCUT2D eigenvalue weighted by molar-refractivity contribution is -0.922. The van der Waals surface area contributed by atoms with Crippen molar-refractivity contribution >= 4 is 13.8 Å². The van der Waals surface area contributed by atoms with Gasteiger partial charge in [0.05, 0.1) is 47.4 Å². The number of likely N-dealkylation sites (N-methyl/N-ethyl adjacent to an activating group) is 1. The molecule has 1 aromatic rings. The maximum atomic E-state index is 12.2. The van der Waals surface area contributed by atoms with Crippen molar-refractivity contribution < 1.29 is 47.5 Å². The molecule has 0 aromatic heterocycles. The number of hydrogen-bond acceptors (Lipinski definition) is 7. The SMILES string of the molecule is CCCCCCOc1cccc(OCCCOP(=O)(O)O[C@H](CC(=O)O)C(O)[N+](C)(C)C)c1. The third-order valence-corrected chi connectivity index (χ3v) is 5.70. The van der Waals surface area contributed by atoms with Gasteiger partial charge in [0.25, 0.3) is 0 Å². The van der Waals surface area contributed by atoms with E-state index in [0.717, 1.165) is 12.8 Å². The molecule has 10 nitrogen and oxygen atoms in total. The highest BCUT2D eigenvalue weighted by atomic mass is 31.2. The van der Waals surface area contributed by atoms with Crippen molar-refractivity contribution in [1.29, 1.82) is 0 Å². The second-order valence-corrected chi connectivity index (χ2v) is 10.1. The van der Waals surface area contributed by atoms with Gasteiger partial charge in [0.1, 0.15) is 11.5 Å². The second-order valence-electron chi connectivity index (χ2n) is 8.66. The van der Waals surface area contributed by atoms with Crippen LogP contribution >= 0.6 is 7.82 Å². The number of rotatable bonds is 18. The van der Waals surface area contributed by atoms with Crippen molar-refractivity contribution in [3.05, 3.63) is 24.3 Å². The van der Waals surface area contributed by atoms with E-state index in [-0.39, 0.29) is 24.1 Å². The number of aliphatic hydroxyl groups is 1. The topological polar surface area (TPSA) is 132 Å². The molecule has 2 unspecified atom stereocenters. The van der Waals surface area contributed by atoms with Crippen LogP contribution in [0.1, 0.15) is 45.4 Å². The Balaban J connectivity index is 2.43.